The lowest BCUT2D eigenvalue weighted by Crippen LogP contribution is -2.44. The van der Waals surface area contributed by atoms with Gasteiger partial charge < -0.3 is 10.8 Å². The van der Waals surface area contributed by atoms with Crippen molar-refractivity contribution in [2.24, 2.45) is 11.7 Å². The standard InChI is InChI=1S/C13H14F2N4OS/c1-8(12(16)21)13(20,5-19-7-17-6-18-19)10-4-9(14)2-3-11(10)15/h2-4,6-8,20H,5H2,1H3,(H2,16,21)/t8-,13+/m1/s1. The van der Waals surface area contributed by atoms with E-state index in [1.807, 2.05) is 0 Å². The first-order chi connectivity index (χ1) is 9.84. The molecule has 0 bridgehead atoms. The van der Waals surface area contributed by atoms with Crippen molar-refractivity contribution in [3.8, 4) is 0 Å². The van der Waals surface area contributed by atoms with Crippen LogP contribution in [0.15, 0.2) is 30.9 Å². The van der Waals surface area contributed by atoms with E-state index in [0.717, 1.165) is 18.2 Å². The van der Waals surface area contributed by atoms with Crippen LogP contribution >= 0.6 is 12.2 Å². The van der Waals surface area contributed by atoms with Crippen molar-refractivity contribution in [3.05, 3.63) is 48.1 Å². The summed E-state index contributed by atoms with van der Waals surface area (Å²) in [6.07, 6.45) is 2.63. The summed E-state index contributed by atoms with van der Waals surface area (Å²) in [6.45, 7) is 1.38. The van der Waals surface area contributed by atoms with Crippen LogP contribution in [0.3, 0.4) is 0 Å². The SMILES string of the molecule is C[C@H](C(N)=S)[C@@](O)(Cn1cncn1)c1cc(F)ccc1F. The minimum Gasteiger partial charge on any atom is -0.393 e. The molecule has 8 heteroatoms. The third-order valence-electron chi connectivity index (χ3n) is 3.41. The molecule has 2 atom stereocenters. The largest absolute Gasteiger partial charge is 0.393 e. The highest BCUT2D eigenvalue weighted by Gasteiger charge is 2.40. The van der Waals surface area contributed by atoms with Gasteiger partial charge in [0.1, 0.15) is 29.9 Å². The summed E-state index contributed by atoms with van der Waals surface area (Å²) in [7, 11) is 0. The summed E-state index contributed by atoms with van der Waals surface area (Å²) in [5, 5.41) is 14.8. The van der Waals surface area contributed by atoms with E-state index in [9.17, 15) is 13.9 Å². The Labute approximate surface area is 125 Å². The van der Waals surface area contributed by atoms with Crippen molar-refractivity contribution >= 4 is 17.2 Å². The van der Waals surface area contributed by atoms with E-state index in [2.05, 4.69) is 10.1 Å². The monoisotopic (exact) mass is 312 g/mol. The second kappa shape index (κ2) is 5.82. The molecule has 0 aliphatic carbocycles. The Balaban J connectivity index is 2.54. The second-order valence-electron chi connectivity index (χ2n) is 4.77. The minimum atomic E-state index is -1.84. The molecule has 0 spiro atoms. The van der Waals surface area contributed by atoms with Gasteiger partial charge in [0.2, 0.25) is 0 Å². The van der Waals surface area contributed by atoms with Gasteiger partial charge in [0.05, 0.1) is 11.5 Å². The number of benzene rings is 1. The van der Waals surface area contributed by atoms with Crippen molar-refractivity contribution in [1.29, 1.82) is 0 Å². The Morgan fingerprint density at radius 2 is 2.24 bits per heavy atom. The molecule has 3 N–H and O–H groups in total. The predicted octanol–water partition coefficient (Wildman–Crippen LogP) is 1.37. The zero-order valence-corrected chi connectivity index (χ0v) is 12.0. The third kappa shape index (κ3) is 3.06. The Bertz CT molecular complexity index is 650. The van der Waals surface area contributed by atoms with Crippen LogP contribution in [0, 0.1) is 17.6 Å². The zero-order valence-electron chi connectivity index (χ0n) is 11.2. The first-order valence-corrected chi connectivity index (χ1v) is 6.55. The molecular formula is C13H14F2N4OS. The Hall–Kier alpha value is -1.93. The maximum absolute atomic E-state index is 14.1. The summed E-state index contributed by atoms with van der Waals surface area (Å²) in [4.78, 5) is 3.74. The summed E-state index contributed by atoms with van der Waals surface area (Å²) in [5.41, 5.74) is 3.52. The van der Waals surface area contributed by atoms with Crippen LogP contribution in [0.4, 0.5) is 8.78 Å². The molecule has 0 aliphatic rings. The number of aromatic nitrogens is 3. The van der Waals surface area contributed by atoms with Crippen molar-refractivity contribution in [3.63, 3.8) is 0 Å². The van der Waals surface area contributed by atoms with Crippen LogP contribution in [0.2, 0.25) is 0 Å². The van der Waals surface area contributed by atoms with E-state index in [0.29, 0.717) is 0 Å². The summed E-state index contributed by atoms with van der Waals surface area (Å²) >= 11 is 4.89. The lowest BCUT2D eigenvalue weighted by atomic mass is 9.81. The van der Waals surface area contributed by atoms with E-state index in [1.54, 1.807) is 6.92 Å². The fourth-order valence-corrected chi connectivity index (χ4v) is 2.28. The van der Waals surface area contributed by atoms with Crippen molar-refractivity contribution in [2.45, 2.75) is 19.1 Å². The van der Waals surface area contributed by atoms with Crippen LogP contribution in [-0.2, 0) is 12.1 Å². The molecule has 5 nitrogen and oxygen atoms in total. The van der Waals surface area contributed by atoms with E-state index < -0.39 is 23.2 Å². The lowest BCUT2D eigenvalue weighted by molar-refractivity contribution is -0.0155. The fourth-order valence-electron chi connectivity index (χ4n) is 2.08. The smallest absolute Gasteiger partial charge is 0.137 e. The van der Waals surface area contributed by atoms with Crippen LogP contribution < -0.4 is 5.73 Å². The van der Waals surface area contributed by atoms with E-state index >= 15 is 0 Å². The van der Waals surface area contributed by atoms with Crippen LogP contribution in [-0.4, -0.2) is 24.9 Å². The number of hydrogen-bond donors (Lipinski definition) is 2. The number of thiocarbonyl (C=S) groups is 1. The average Bonchev–Trinajstić information content (AvgIpc) is 2.93. The van der Waals surface area contributed by atoms with Gasteiger partial charge in [-0.15, -0.1) is 0 Å². The Kier molecular flexibility index (Phi) is 4.29. The predicted molar refractivity (Wildman–Crippen MR) is 76.2 cm³/mol. The number of nitrogens with two attached hydrogens (primary N) is 1. The normalized spacial score (nSPS) is 15.4. The molecule has 0 radical (unpaired) electrons. The van der Waals surface area contributed by atoms with Crippen molar-refractivity contribution in [1.82, 2.24) is 14.8 Å². The molecule has 1 aromatic carbocycles. The van der Waals surface area contributed by atoms with Crippen LogP contribution in [0.5, 0.6) is 0 Å². The van der Waals surface area contributed by atoms with Gasteiger partial charge in [-0.2, -0.15) is 5.10 Å². The molecule has 0 amide bonds. The van der Waals surface area contributed by atoms with Crippen molar-refractivity contribution in [2.75, 3.05) is 0 Å². The summed E-state index contributed by atoms with van der Waals surface area (Å²) < 4.78 is 28.8. The molecule has 0 saturated heterocycles. The number of hydrogen-bond acceptors (Lipinski definition) is 4. The minimum absolute atomic E-state index is 0.0127. The summed E-state index contributed by atoms with van der Waals surface area (Å²) in [6, 6.07) is 2.85. The van der Waals surface area contributed by atoms with Gasteiger partial charge in [-0.25, -0.2) is 18.4 Å². The number of halogens is 2. The first-order valence-electron chi connectivity index (χ1n) is 6.14. The highest BCUT2D eigenvalue weighted by atomic mass is 32.1. The summed E-state index contributed by atoms with van der Waals surface area (Å²) in [5.74, 6) is -2.21. The van der Waals surface area contributed by atoms with Crippen LogP contribution in [0.25, 0.3) is 0 Å². The van der Waals surface area contributed by atoms with Gasteiger partial charge in [-0.05, 0) is 18.2 Å². The molecule has 21 heavy (non-hydrogen) atoms. The van der Waals surface area contributed by atoms with Crippen molar-refractivity contribution < 1.29 is 13.9 Å². The molecule has 0 unspecified atom stereocenters. The van der Waals surface area contributed by atoms with Crippen LogP contribution in [0.1, 0.15) is 12.5 Å². The molecule has 1 aromatic heterocycles. The number of rotatable bonds is 5. The van der Waals surface area contributed by atoms with E-state index in [1.165, 1.54) is 17.3 Å². The second-order valence-corrected chi connectivity index (χ2v) is 5.24. The molecule has 112 valence electrons. The van der Waals surface area contributed by atoms with Gasteiger partial charge in [-0.1, -0.05) is 19.1 Å². The number of nitrogens with zero attached hydrogens (tertiary/aromatic N) is 3. The maximum Gasteiger partial charge on any atom is 0.137 e. The van der Waals surface area contributed by atoms with Gasteiger partial charge in [-0.3, -0.25) is 0 Å². The highest BCUT2D eigenvalue weighted by molar-refractivity contribution is 7.80. The molecule has 0 saturated carbocycles. The van der Waals surface area contributed by atoms with E-state index in [-0.39, 0.29) is 17.1 Å². The quantitative estimate of drug-likeness (QED) is 0.815. The average molecular weight is 312 g/mol. The molecule has 0 fully saturated rings. The molecule has 0 aliphatic heterocycles. The van der Waals surface area contributed by atoms with E-state index in [4.69, 9.17) is 18.0 Å². The topological polar surface area (TPSA) is 77.0 Å². The fraction of sp³-hybridized carbons (Fsp3) is 0.308. The van der Waals surface area contributed by atoms with Gasteiger partial charge in [0.15, 0.2) is 0 Å². The zero-order chi connectivity index (χ0) is 15.6. The molecule has 2 rings (SSSR count). The van der Waals surface area contributed by atoms with Gasteiger partial charge in [0.25, 0.3) is 0 Å². The maximum atomic E-state index is 14.1. The molecule has 2 aromatic rings. The first kappa shape index (κ1) is 15.5. The lowest BCUT2D eigenvalue weighted by Gasteiger charge is -2.34. The van der Waals surface area contributed by atoms with Gasteiger partial charge >= 0.3 is 0 Å². The Morgan fingerprint density at radius 1 is 1.52 bits per heavy atom. The van der Waals surface area contributed by atoms with Gasteiger partial charge in [0, 0.05) is 11.5 Å². The Morgan fingerprint density at radius 3 is 2.81 bits per heavy atom. The third-order valence-corrected chi connectivity index (χ3v) is 3.76. The molecule has 1 heterocycles. The highest BCUT2D eigenvalue weighted by Crippen LogP contribution is 2.34. The number of aliphatic hydroxyl groups is 1. The molecular weight excluding hydrogens is 298 g/mol.